The summed E-state index contributed by atoms with van der Waals surface area (Å²) in [6.07, 6.45) is -0.0450. The molecule has 0 saturated carbocycles. The van der Waals surface area contributed by atoms with Crippen LogP contribution in [0.15, 0.2) is 42.5 Å². The van der Waals surface area contributed by atoms with Crippen molar-refractivity contribution in [1.82, 2.24) is 10.9 Å². The number of aryl methyl sites for hydroxylation is 2. The van der Waals surface area contributed by atoms with Crippen LogP contribution in [-0.2, 0) is 14.4 Å². The zero-order valence-electron chi connectivity index (χ0n) is 16.3. The van der Waals surface area contributed by atoms with Gasteiger partial charge in [0.25, 0.3) is 5.91 Å². The molecule has 29 heavy (non-hydrogen) atoms. The zero-order chi connectivity index (χ0) is 21.0. The monoisotopic (exact) mass is 398 g/mol. The molecule has 152 valence electrons. The Hall–Kier alpha value is -3.42. The number of hydrazine groups is 1. The van der Waals surface area contributed by atoms with Crippen LogP contribution < -0.4 is 21.1 Å². The molecular weight excluding hydrogens is 375 g/mol. The molecule has 3 amide bonds. The Labute approximate surface area is 168 Å². The van der Waals surface area contributed by atoms with E-state index in [0.717, 1.165) is 16.8 Å². The van der Waals surface area contributed by atoms with Crippen LogP contribution in [0.5, 0.6) is 0 Å². The number of nitrogens with one attached hydrogen (secondary N) is 3. The minimum atomic E-state index is -0.673. The number of amides is 3. The molecule has 2 aromatic carbocycles. The van der Waals surface area contributed by atoms with Crippen molar-refractivity contribution in [3.63, 3.8) is 0 Å². The van der Waals surface area contributed by atoms with E-state index in [9.17, 15) is 18.8 Å². The van der Waals surface area contributed by atoms with Gasteiger partial charge in [0, 0.05) is 18.7 Å². The van der Waals surface area contributed by atoms with E-state index in [4.69, 9.17) is 0 Å². The summed E-state index contributed by atoms with van der Waals surface area (Å²) >= 11 is 0. The lowest BCUT2D eigenvalue weighted by Crippen LogP contribution is -2.47. The molecule has 0 aromatic heterocycles. The van der Waals surface area contributed by atoms with Crippen LogP contribution in [0, 0.1) is 25.6 Å². The van der Waals surface area contributed by atoms with Crippen LogP contribution in [0.4, 0.5) is 15.8 Å². The molecule has 1 atom stereocenters. The molecule has 0 aliphatic carbocycles. The summed E-state index contributed by atoms with van der Waals surface area (Å²) in [4.78, 5) is 37.7. The summed E-state index contributed by atoms with van der Waals surface area (Å²) in [6.45, 7) is 3.76. The van der Waals surface area contributed by atoms with E-state index in [2.05, 4.69) is 16.2 Å². The molecule has 1 aliphatic rings. The van der Waals surface area contributed by atoms with Gasteiger partial charge in [0.2, 0.25) is 11.8 Å². The molecule has 0 spiro atoms. The van der Waals surface area contributed by atoms with Crippen molar-refractivity contribution < 1.29 is 18.8 Å². The Morgan fingerprint density at radius 1 is 1.07 bits per heavy atom. The summed E-state index contributed by atoms with van der Waals surface area (Å²) in [6, 6.07) is 12.1. The first-order valence-corrected chi connectivity index (χ1v) is 9.29. The predicted molar refractivity (Wildman–Crippen MR) is 108 cm³/mol. The van der Waals surface area contributed by atoms with E-state index >= 15 is 0 Å². The second kappa shape index (κ2) is 8.72. The minimum Gasteiger partial charge on any atom is -0.376 e. The van der Waals surface area contributed by atoms with Gasteiger partial charge in [-0.1, -0.05) is 23.8 Å². The Morgan fingerprint density at radius 2 is 1.76 bits per heavy atom. The summed E-state index contributed by atoms with van der Waals surface area (Å²) in [5, 5.41) is 2.94. The van der Waals surface area contributed by atoms with Crippen LogP contribution in [0.25, 0.3) is 0 Å². The van der Waals surface area contributed by atoms with Crippen molar-refractivity contribution >= 4 is 29.1 Å². The van der Waals surface area contributed by atoms with Gasteiger partial charge in [-0.3, -0.25) is 25.2 Å². The first-order chi connectivity index (χ1) is 13.8. The number of nitrogens with zero attached hydrogens (tertiary/aromatic N) is 1. The van der Waals surface area contributed by atoms with E-state index in [0.29, 0.717) is 0 Å². The van der Waals surface area contributed by atoms with Gasteiger partial charge in [0.05, 0.1) is 18.2 Å². The number of carbonyl (C=O) groups excluding carboxylic acids is 3. The minimum absolute atomic E-state index is 0.0202. The van der Waals surface area contributed by atoms with Gasteiger partial charge in [0.15, 0.2) is 0 Å². The Bertz CT molecular complexity index is 930. The molecule has 1 unspecified atom stereocenters. The summed E-state index contributed by atoms with van der Waals surface area (Å²) in [7, 11) is 0. The lowest BCUT2D eigenvalue weighted by atomic mass is 10.1. The first kappa shape index (κ1) is 20.3. The number of anilines is 2. The fourth-order valence-corrected chi connectivity index (χ4v) is 3.08. The first-order valence-electron chi connectivity index (χ1n) is 9.29. The van der Waals surface area contributed by atoms with E-state index in [1.54, 1.807) is 13.0 Å². The topological polar surface area (TPSA) is 90.5 Å². The van der Waals surface area contributed by atoms with Gasteiger partial charge in [-0.15, -0.1) is 0 Å². The quantitative estimate of drug-likeness (QED) is 0.673. The lowest BCUT2D eigenvalue weighted by Gasteiger charge is -2.18. The van der Waals surface area contributed by atoms with E-state index in [1.807, 2.05) is 31.2 Å². The summed E-state index contributed by atoms with van der Waals surface area (Å²) < 4.78 is 14.1. The summed E-state index contributed by atoms with van der Waals surface area (Å²) in [5.41, 5.74) is 7.45. The number of rotatable bonds is 5. The third-order valence-corrected chi connectivity index (χ3v) is 4.72. The standard InChI is InChI=1S/C21H23FN4O3/c1-13-3-6-16(7-4-13)23-11-19(27)24-25-21(29)15-10-20(28)26(12-15)18-8-5-14(2)9-17(18)22/h3-9,15,23H,10-12H2,1-2H3,(H,24,27)(H,25,29). The number of hydrogen-bond acceptors (Lipinski definition) is 4. The van der Waals surface area contributed by atoms with Gasteiger partial charge in [-0.25, -0.2) is 4.39 Å². The van der Waals surface area contributed by atoms with Crippen LogP contribution in [-0.4, -0.2) is 30.8 Å². The van der Waals surface area contributed by atoms with Gasteiger partial charge < -0.3 is 10.2 Å². The molecule has 0 bridgehead atoms. The molecule has 0 radical (unpaired) electrons. The van der Waals surface area contributed by atoms with Gasteiger partial charge in [-0.05, 0) is 43.7 Å². The molecule has 1 aliphatic heterocycles. The second-order valence-electron chi connectivity index (χ2n) is 7.12. The van der Waals surface area contributed by atoms with Crippen LogP contribution in [0.1, 0.15) is 17.5 Å². The Balaban J connectivity index is 1.48. The SMILES string of the molecule is Cc1ccc(NCC(=O)NNC(=O)C2CC(=O)N(c3ccc(C)cc3F)C2)cc1. The molecule has 1 heterocycles. The van der Waals surface area contributed by atoms with E-state index in [-0.39, 0.29) is 31.1 Å². The van der Waals surface area contributed by atoms with Crippen molar-refractivity contribution in [2.45, 2.75) is 20.3 Å². The number of carbonyl (C=O) groups is 3. The van der Waals surface area contributed by atoms with Crippen LogP contribution in [0.3, 0.4) is 0 Å². The predicted octanol–water partition coefficient (Wildman–Crippen LogP) is 2.05. The van der Waals surface area contributed by atoms with Crippen molar-refractivity contribution in [3.8, 4) is 0 Å². The largest absolute Gasteiger partial charge is 0.376 e. The molecule has 2 aromatic rings. The van der Waals surface area contributed by atoms with Crippen molar-refractivity contribution in [2.75, 3.05) is 23.3 Å². The average Bonchev–Trinajstić information content (AvgIpc) is 3.07. The summed E-state index contributed by atoms with van der Waals surface area (Å²) in [5.74, 6) is -2.43. The molecule has 7 nitrogen and oxygen atoms in total. The fraction of sp³-hybridized carbons (Fsp3) is 0.286. The molecule has 8 heteroatoms. The highest BCUT2D eigenvalue weighted by molar-refractivity contribution is 6.00. The van der Waals surface area contributed by atoms with E-state index < -0.39 is 23.5 Å². The van der Waals surface area contributed by atoms with Gasteiger partial charge in [-0.2, -0.15) is 0 Å². The van der Waals surface area contributed by atoms with Crippen LogP contribution in [0.2, 0.25) is 0 Å². The van der Waals surface area contributed by atoms with Crippen LogP contribution >= 0.6 is 0 Å². The number of hydrogen-bond donors (Lipinski definition) is 3. The highest BCUT2D eigenvalue weighted by Gasteiger charge is 2.36. The molecule has 1 fully saturated rings. The van der Waals surface area contributed by atoms with Gasteiger partial charge >= 0.3 is 0 Å². The lowest BCUT2D eigenvalue weighted by molar-refractivity contribution is -0.130. The highest BCUT2D eigenvalue weighted by Crippen LogP contribution is 2.28. The van der Waals surface area contributed by atoms with Crippen molar-refractivity contribution in [1.29, 1.82) is 0 Å². The smallest absolute Gasteiger partial charge is 0.257 e. The van der Waals surface area contributed by atoms with E-state index in [1.165, 1.54) is 17.0 Å². The fourth-order valence-electron chi connectivity index (χ4n) is 3.08. The zero-order valence-corrected chi connectivity index (χ0v) is 16.3. The number of halogens is 1. The molecule has 1 saturated heterocycles. The maximum atomic E-state index is 14.1. The number of benzene rings is 2. The normalized spacial score (nSPS) is 15.9. The Kier molecular flexibility index (Phi) is 6.11. The average molecular weight is 398 g/mol. The third-order valence-electron chi connectivity index (χ3n) is 4.72. The molecular formula is C21H23FN4O3. The highest BCUT2D eigenvalue weighted by atomic mass is 19.1. The third kappa shape index (κ3) is 5.10. The van der Waals surface area contributed by atoms with Crippen molar-refractivity contribution in [2.24, 2.45) is 5.92 Å². The Morgan fingerprint density at radius 3 is 2.45 bits per heavy atom. The second-order valence-corrected chi connectivity index (χ2v) is 7.12. The maximum absolute atomic E-state index is 14.1. The molecule has 3 rings (SSSR count). The maximum Gasteiger partial charge on any atom is 0.257 e. The van der Waals surface area contributed by atoms with Gasteiger partial charge in [0.1, 0.15) is 5.82 Å². The molecule has 3 N–H and O–H groups in total. The van der Waals surface area contributed by atoms with Crippen molar-refractivity contribution in [3.05, 3.63) is 59.4 Å².